The van der Waals surface area contributed by atoms with E-state index in [0.717, 1.165) is 19.3 Å². The minimum atomic E-state index is -0.468. The quantitative estimate of drug-likeness (QED) is 0.819. The fourth-order valence-corrected chi connectivity index (χ4v) is 2.21. The van der Waals surface area contributed by atoms with Crippen LogP contribution in [-0.4, -0.2) is 19.3 Å². The summed E-state index contributed by atoms with van der Waals surface area (Å²) in [7, 11) is 3.13. The smallest absolute Gasteiger partial charge is 0.169 e. The first-order chi connectivity index (χ1) is 7.62. The summed E-state index contributed by atoms with van der Waals surface area (Å²) in [6.07, 6.45) is 2.81. The van der Waals surface area contributed by atoms with Crippen LogP contribution in [0.5, 0.6) is 17.2 Å². The highest BCUT2D eigenvalue weighted by molar-refractivity contribution is 5.57. The summed E-state index contributed by atoms with van der Waals surface area (Å²) in [6.45, 7) is 0. The van der Waals surface area contributed by atoms with Gasteiger partial charge >= 0.3 is 0 Å². The third-order valence-corrected chi connectivity index (χ3v) is 3.27. The number of methoxy groups -OCH3 is 2. The van der Waals surface area contributed by atoms with Gasteiger partial charge in [0.2, 0.25) is 0 Å². The van der Waals surface area contributed by atoms with Crippen molar-refractivity contribution in [2.75, 3.05) is 14.2 Å². The second-order valence-electron chi connectivity index (χ2n) is 4.20. The van der Waals surface area contributed by atoms with E-state index in [4.69, 9.17) is 15.2 Å². The van der Waals surface area contributed by atoms with E-state index in [-0.39, 0.29) is 5.75 Å². The monoisotopic (exact) mass is 223 g/mol. The zero-order valence-electron chi connectivity index (χ0n) is 9.62. The van der Waals surface area contributed by atoms with E-state index in [1.165, 1.54) is 0 Å². The van der Waals surface area contributed by atoms with E-state index in [1.807, 2.05) is 0 Å². The van der Waals surface area contributed by atoms with Crippen LogP contribution in [0.4, 0.5) is 0 Å². The van der Waals surface area contributed by atoms with Crippen LogP contribution in [0.15, 0.2) is 12.1 Å². The van der Waals surface area contributed by atoms with Crippen molar-refractivity contribution in [3.8, 4) is 17.2 Å². The first kappa shape index (κ1) is 11.1. The average molecular weight is 223 g/mol. The Morgan fingerprint density at radius 2 is 1.94 bits per heavy atom. The summed E-state index contributed by atoms with van der Waals surface area (Å²) in [5.41, 5.74) is 6.43. The Hall–Kier alpha value is -1.42. The van der Waals surface area contributed by atoms with Crippen LogP contribution in [0.3, 0.4) is 0 Å². The molecule has 1 fully saturated rings. The molecule has 0 saturated heterocycles. The molecule has 1 aliphatic rings. The molecule has 0 radical (unpaired) electrons. The second-order valence-corrected chi connectivity index (χ2v) is 4.20. The molecule has 1 aromatic carbocycles. The van der Waals surface area contributed by atoms with Crippen molar-refractivity contribution in [2.24, 2.45) is 5.73 Å². The molecule has 0 aromatic heterocycles. The molecule has 0 aliphatic heterocycles. The summed E-state index contributed by atoms with van der Waals surface area (Å²) >= 11 is 0. The van der Waals surface area contributed by atoms with Crippen molar-refractivity contribution >= 4 is 0 Å². The Morgan fingerprint density at radius 1 is 1.25 bits per heavy atom. The number of phenolic OH excluding ortho intramolecular Hbond substituents is 1. The molecule has 0 atom stereocenters. The van der Waals surface area contributed by atoms with E-state index in [1.54, 1.807) is 26.4 Å². The standard InChI is InChI=1S/C12H17NO3/c1-15-9-5-4-8(14)10(11(9)16-2)12(13)6-3-7-12/h4-5,14H,3,6-7,13H2,1-2H3. The molecule has 4 heteroatoms. The van der Waals surface area contributed by atoms with Crippen molar-refractivity contribution in [3.63, 3.8) is 0 Å². The molecule has 0 heterocycles. The number of benzene rings is 1. The van der Waals surface area contributed by atoms with Gasteiger partial charge in [0.15, 0.2) is 11.5 Å². The van der Waals surface area contributed by atoms with Gasteiger partial charge in [0.05, 0.1) is 19.8 Å². The molecular formula is C12H17NO3. The number of nitrogens with two attached hydrogens (primary N) is 1. The zero-order chi connectivity index (χ0) is 11.8. The Kier molecular flexibility index (Phi) is 2.68. The van der Waals surface area contributed by atoms with Crippen LogP contribution in [0, 0.1) is 0 Å². The SMILES string of the molecule is COc1ccc(O)c(C2(N)CCC2)c1OC. The van der Waals surface area contributed by atoms with E-state index in [9.17, 15) is 5.11 Å². The zero-order valence-corrected chi connectivity index (χ0v) is 9.62. The topological polar surface area (TPSA) is 64.7 Å². The maximum Gasteiger partial charge on any atom is 0.169 e. The minimum absolute atomic E-state index is 0.180. The molecule has 3 N–H and O–H groups in total. The number of phenols is 1. The predicted octanol–water partition coefficient (Wildman–Crippen LogP) is 1.75. The fraction of sp³-hybridized carbons (Fsp3) is 0.500. The first-order valence-corrected chi connectivity index (χ1v) is 5.35. The van der Waals surface area contributed by atoms with Crippen LogP contribution in [0.2, 0.25) is 0 Å². The van der Waals surface area contributed by atoms with Crippen molar-refractivity contribution in [3.05, 3.63) is 17.7 Å². The number of aromatic hydroxyl groups is 1. The molecule has 2 rings (SSSR count). The molecule has 4 nitrogen and oxygen atoms in total. The Labute approximate surface area is 95.0 Å². The van der Waals surface area contributed by atoms with Crippen molar-refractivity contribution < 1.29 is 14.6 Å². The number of ether oxygens (including phenoxy) is 2. The lowest BCUT2D eigenvalue weighted by atomic mass is 9.72. The molecule has 1 saturated carbocycles. The van der Waals surface area contributed by atoms with Gasteiger partial charge in [-0.2, -0.15) is 0 Å². The van der Waals surface area contributed by atoms with Crippen LogP contribution < -0.4 is 15.2 Å². The van der Waals surface area contributed by atoms with Crippen LogP contribution in [0.25, 0.3) is 0 Å². The Morgan fingerprint density at radius 3 is 2.38 bits per heavy atom. The number of rotatable bonds is 3. The summed E-state index contributed by atoms with van der Waals surface area (Å²) in [6, 6.07) is 3.28. The molecule has 0 unspecified atom stereocenters. The highest BCUT2D eigenvalue weighted by atomic mass is 16.5. The van der Waals surface area contributed by atoms with Gasteiger partial charge in [-0.3, -0.25) is 0 Å². The lowest BCUT2D eigenvalue weighted by Gasteiger charge is -2.39. The van der Waals surface area contributed by atoms with Gasteiger partial charge in [-0.15, -0.1) is 0 Å². The molecule has 0 spiro atoms. The van der Waals surface area contributed by atoms with Crippen molar-refractivity contribution in [2.45, 2.75) is 24.8 Å². The average Bonchev–Trinajstić information content (AvgIpc) is 2.25. The van der Waals surface area contributed by atoms with Crippen LogP contribution >= 0.6 is 0 Å². The lowest BCUT2D eigenvalue weighted by molar-refractivity contribution is 0.232. The third-order valence-electron chi connectivity index (χ3n) is 3.27. The van der Waals surface area contributed by atoms with Gasteiger partial charge < -0.3 is 20.3 Å². The Balaban J connectivity index is 2.56. The van der Waals surface area contributed by atoms with Gasteiger partial charge in [-0.1, -0.05) is 0 Å². The molecule has 0 bridgehead atoms. The fourth-order valence-electron chi connectivity index (χ4n) is 2.21. The van der Waals surface area contributed by atoms with Crippen LogP contribution in [-0.2, 0) is 5.54 Å². The maximum atomic E-state index is 9.93. The van der Waals surface area contributed by atoms with E-state index < -0.39 is 5.54 Å². The molecule has 0 amide bonds. The molecule has 1 aliphatic carbocycles. The van der Waals surface area contributed by atoms with E-state index >= 15 is 0 Å². The van der Waals surface area contributed by atoms with Gasteiger partial charge in [0, 0.05) is 5.54 Å². The predicted molar refractivity (Wildman–Crippen MR) is 60.9 cm³/mol. The summed E-state index contributed by atoms with van der Waals surface area (Å²) in [5.74, 6) is 1.33. The lowest BCUT2D eigenvalue weighted by Crippen LogP contribution is -2.43. The largest absolute Gasteiger partial charge is 0.507 e. The van der Waals surface area contributed by atoms with E-state index in [2.05, 4.69) is 0 Å². The molecule has 1 aromatic rings. The summed E-state index contributed by atoms with van der Waals surface area (Å²) in [5, 5.41) is 9.93. The Bertz CT molecular complexity index is 399. The maximum absolute atomic E-state index is 9.93. The molecule has 16 heavy (non-hydrogen) atoms. The number of hydrogen-bond donors (Lipinski definition) is 2. The van der Waals surface area contributed by atoms with Crippen LogP contribution in [0.1, 0.15) is 24.8 Å². The minimum Gasteiger partial charge on any atom is -0.507 e. The van der Waals surface area contributed by atoms with Gasteiger partial charge in [0.1, 0.15) is 5.75 Å². The highest BCUT2D eigenvalue weighted by Crippen LogP contribution is 2.49. The van der Waals surface area contributed by atoms with Gasteiger partial charge in [0.25, 0.3) is 0 Å². The third kappa shape index (κ3) is 1.50. The molecular weight excluding hydrogens is 206 g/mol. The first-order valence-electron chi connectivity index (χ1n) is 5.35. The second kappa shape index (κ2) is 3.87. The van der Waals surface area contributed by atoms with Crippen molar-refractivity contribution in [1.29, 1.82) is 0 Å². The number of hydrogen-bond acceptors (Lipinski definition) is 4. The van der Waals surface area contributed by atoms with Gasteiger partial charge in [-0.25, -0.2) is 0 Å². The van der Waals surface area contributed by atoms with E-state index in [0.29, 0.717) is 17.1 Å². The van der Waals surface area contributed by atoms with Crippen molar-refractivity contribution in [1.82, 2.24) is 0 Å². The highest BCUT2D eigenvalue weighted by Gasteiger charge is 2.40. The molecule has 88 valence electrons. The summed E-state index contributed by atoms with van der Waals surface area (Å²) in [4.78, 5) is 0. The normalized spacial score (nSPS) is 17.7. The summed E-state index contributed by atoms with van der Waals surface area (Å²) < 4.78 is 10.5. The van der Waals surface area contributed by atoms with Gasteiger partial charge in [-0.05, 0) is 31.4 Å².